The van der Waals surface area contributed by atoms with Gasteiger partial charge in [0.2, 0.25) is 0 Å². The number of carbonyl (C=O) groups is 1. The van der Waals surface area contributed by atoms with Crippen molar-refractivity contribution in [3.05, 3.63) is 59.7 Å². The molecular weight excluding hydrogens is 247 g/mol. The SMILES string of the molecule is Nc1ccc(F)c(C(=O)OCCc2cccnc2)c1. The highest BCUT2D eigenvalue weighted by Crippen LogP contribution is 2.13. The summed E-state index contributed by atoms with van der Waals surface area (Å²) in [6, 6.07) is 7.48. The lowest BCUT2D eigenvalue weighted by atomic mass is 10.2. The van der Waals surface area contributed by atoms with E-state index in [1.54, 1.807) is 18.5 Å². The lowest BCUT2D eigenvalue weighted by molar-refractivity contribution is 0.0504. The van der Waals surface area contributed by atoms with E-state index in [4.69, 9.17) is 10.5 Å². The lowest BCUT2D eigenvalue weighted by Crippen LogP contribution is -2.10. The number of nitrogen functional groups attached to an aromatic ring is 1. The molecule has 0 saturated carbocycles. The Morgan fingerprint density at radius 3 is 2.95 bits per heavy atom. The molecule has 0 spiro atoms. The van der Waals surface area contributed by atoms with Crippen molar-refractivity contribution in [3.63, 3.8) is 0 Å². The molecule has 0 aliphatic carbocycles. The van der Waals surface area contributed by atoms with E-state index in [-0.39, 0.29) is 12.2 Å². The average molecular weight is 260 g/mol. The molecule has 5 heteroatoms. The zero-order chi connectivity index (χ0) is 13.7. The van der Waals surface area contributed by atoms with Crippen molar-refractivity contribution >= 4 is 11.7 Å². The van der Waals surface area contributed by atoms with Gasteiger partial charge in [-0.3, -0.25) is 4.98 Å². The summed E-state index contributed by atoms with van der Waals surface area (Å²) in [4.78, 5) is 15.6. The Morgan fingerprint density at radius 2 is 2.21 bits per heavy atom. The monoisotopic (exact) mass is 260 g/mol. The number of anilines is 1. The Morgan fingerprint density at radius 1 is 1.37 bits per heavy atom. The second-order valence-corrected chi connectivity index (χ2v) is 3.99. The predicted molar refractivity (Wildman–Crippen MR) is 69.0 cm³/mol. The first-order valence-electron chi connectivity index (χ1n) is 5.78. The van der Waals surface area contributed by atoms with Crippen LogP contribution in [-0.4, -0.2) is 17.6 Å². The van der Waals surface area contributed by atoms with Gasteiger partial charge in [-0.25, -0.2) is 9.18 Å². The molecule has 19 heavy (non-hydrogen) atoms. The van der Waals surface area contributed by atoms with Crippen LogP contribution in [0.3, 0.4) is 0 Å². The number of pyridine rings is 1. The lowest BCUT2D eigenvalue weighted by Gasteiger charge is -2.06. The summed E-state index contributed by atoms with van der Waals surface area (Å²) in [7, 11) is 0. The molecule has 1 heterocycles. The van der Waals surface area contributed by atoms with E-state index < -0.39 is 11.8 Å². The Balaban J connectivity index is 1.93. The number of hydrogen-bond donors (Lipinski definition) is 1. The molecule has 0 bridgehead atoms. The van der Waals surface area contributed by atoms with Crippen LogP contribution in [0.5, 0.6) is 0 Å². The predicted octanol–water partition coefficient (Wildman–Crippen LogP) is 2.20. The Bertz CT molecular complexity index is 573. The van der Waals surface area contributed by atoms with Crippen molar-refractivity contribution in [2.45, 2.75) is 6.42 Å². The molecule has 0 atom stereocenters. The molecule has 0 amide bonds. The number of nitrogens with two attached hydrogens (primary N) is 1. The van der Waals surface area contributed by atoms with Crippen molar-refractivity contribution < 1.29 is 13.9 Å². The van der Waals surface area contributed by atoms with E-state index in [0.29, 0.717) is 12.1 Å². The molecule has 4 nitrogen and oxygen atoms in total. The van der Waals surface area contributed by atoms with Crippen molar-refractivity contribution in [2.24, 2.45) is 0 Å². The van der Waals surface area contributed by atoms with Crippen LogP contribution in [0.1, 0.15) is 15.9 Å². The van der Waals surface area contributed by atoms with Gasteiger partial charge in [-0.15, -0.1) is 0 Å². The van der Waals surface area contributed by atoms with Crippen molar-refractivity contribution in [2.75, 3.05) is 12.3 Å². The maximum absolute atomic E-state index is 13.4. The van der Waals surface area contributed by atoms with Gasteiger partial charge < -0.3 is 10.5 Å². The number of benzene rings is 1. The van der Waals surface area contributed by atoms with Gasteiger partial charge in [-0.1, -0.05) is 6.07 Å². The normalized spacial score (nSPS) is 10.2. The highest BCUT2D eigenvalue weighted by atomic mass is 19.1. The molecule has 1 aromatic heterocycles. The quantitative estimate of drug-likeness (QED) is 0.676. The topological polar surface area (TPSA) is 65.2 Å². The van der Waals surface area contributed by atoms with E-state index in [1.807, 2.05) is 6.07 Å². The Labute approximate surface area is 110 Å². The smallest absolute Gasteiger partial charge is 0.341 e. The van der Waals surface area contributed by atoms with Crippen LogP contribution in [0.2, 0.25) is 0 Å². The zero-order valence-corrected chi connectivity index (χ0v) is 10.2. The van der Waals surface area contributed by atoms with Crippen LogP contribution >= 0.6 is 0 Å². The summed E-state index contributed by atoms with van der Waals surface area (Å²) in [6.07, 6.45) is 3.88. The molecule has 0 unspecified atom stereocenters. The maximum Gasteiger partial charge on any atom is 0.341 e. The number of rotatable bonds is 4. The largest absolute Gasteiger partial charge is 0.462 e. The summed E-state index contributed by atoms with van der Waals surface area (Å²) < 4.78 is 18.4. The zero-order valence-electron chi connectivity index (χ0n) is 10.2. The van der Waals surface area contributed by atoms with Gasteiger partial charge in [0.25, 0.3) is 0 Å². The molecule has 2 aromatic rings. The van der Waals surface area contributed by atoms with Gasteiger partial charge in [0.1, 0.15) is 5.82 Å². The molecule has 2 rings (SSSR count). The third-order valence-corrected chi connectivity index (χ3v) is 2.56. The Hall–Kier alpha value is -2.43. The number of halogens is 1. The molecule has 0 radical (unpaired) electrons. The third kappa shape index (κ3) is 3.51. The number of aromatic nitrogens is 1. The van der Waals surface area contributed by atoms with Gasteiger partial charge in [-0.05, 0) is 29.8 Å². The van der Waals surface area contributed by atoms with Crippen LogP contribution in [0.4, 0.5) is 10.1 Å². The first-order chi connectivity index (χ1) is 9.16. The van der Waals surface area contributed by atoms with Crippen LogP contribution in [-0.2, 0) is 11.2 Å². The molecule has 1 aromatic carbocycles. The second-order valence-electron chi connectivity index (χ2n) is 3.99. The molecule has 98 valence electrons. The van der Waals surface area contributed by atoms with Gasteiger partial charge in [-0.2, -0.15) is 0 Å². The summed E-state index contributed by atoms with van der Waals surface area (Å²) in [6.45, 7) is 0.165. The van der Waals surface area contributed by atoms with E-state index >= 15 is 0 Å². The van der Waals surface area contributed by atoms with Crippen LogP contribution in [0, 0.1) is 5.82 Å². The third-order valence-electron chi connectivity index (χ3n) is 2.56. The standard InChI is InChI=1S/C14H13FN2O2/c15-13-4-3-11(16)8-12(13)14(18)19-7-5-10-2-1-6-17-9-10/h1-4,6,8-9H,5,7,16H2. The summed E-state index contributed by atoms with van der Waals surface area (Å²) in [5, 5.41) is 0. The van der Waals surface area contributed by atoms with Crippen LogP contribution in [0.15, 0.2) is 42.7 Å². The summed E-state index contributed by atoms with van der Waals surface area (Å²) >= 11 is 0. The minimum absolute atomic E-state index is 0.147. The minimum Gasteiger partial charge on any atom is -0.462 e. The van der Waals surface area contributed by atoms with E-state index in [1.165, 1.54) is 12.1 Å². The fourth-order valence-corrected chi connectivity index (χ4v) is 1.58. The van der Waals surface area contributed by atoms with Crippen molar-refractivity contribution in [3.8, 4) is 0 Å². The number of hydrogen-bond acceptors (Lipinski definition) is 4. The van der Waals surface area contributed by atoms with Gasteiger partial charge in [0.05, 0.1) is 12.2 Å². The average Bonchev–Trinajstić information content (AvgIpc) is 2.42. The fourth-order valence-electron chi connectivity index (χ4n) is 1.58. The highest BCUT2D eigenvalue weighted by Gasteiger charge is 2.13. The molecular formula is C14H13FN2O2. The summed E-state index contributed by atoms with van der Waals surface area (Å²) in [5.41, 5.74) is 6.62. The number of carbonyl (C=O) groups excluding carboxylic acids is 1. The minimum atomic E-state index is -0.714. The van der Waals surface area contributed by atoms with E-state index in [9.17, 15) is 9.18 Å². The van der Waals surface area contributed by atoms with E-state index in [2.05, 4.69) is 4.98 Å². The van der Waals surface area contributed by atoms with Crippen molar-refractivity contribution in [1.29, 1.82) is 0 Å². The van der Waals surface area contributed by atoms with Gasteiger partial charge >= 0.3 is 5.97 Å². The molecule has 0 aliphatic heterocycles. The highest BCUT2D eigenvalue weighted by molar-refractivity contribution is 5.90. The first kappa shape index (κ1) is 13.0. The van der Waals surface area contributed by atoms with Crippen LogP contribution < -0.4 is 5.73 Å². The molecule has 0 fully saturated rings. The van der Waals surface area contributed by atoms with Crippen molar-refractivity contribution in [1.82, 2.24) is 4.98 Å². The first-order valence-corrected chi connectivity index (χ1v) is 5.78. The van der Waals surface area contributed by atoms with Crippen LogP contribution in [0.25, 0.3) is 0 Å². The van der Waals surface area contributed by atoms with E-state index in [0.717, 1.165) is 11.6 Å². The van der Waals surface area contributed by atoms with Gasteiger partial charge in [0, 0.05) is 24.5 Å². The molecule has 0 saturated heterocycles. The number of nitrogens with zero attached hydrogens (tertiary/aromatic N) is 1. The van der Waals surface area contributed by atoms with Gasteiger partial charge in [0.15, 0.2) is 0 Å². The Kier molecular flexibility index (Phi) is 4.07. The second kappa shape index (κ2) is 5.95. The molecule has 2 N–H and O–H groups in total. The summed E-state index contributed by atoms with van der Waals surface area (Å²) in [5.74, 6) is -1.35. The molecule has 0 aliphatic rings. The number of esters is 1. The fraction of sp³-hybridized carbons (Fsp3) is 0.143. The number of ether oxygens (including phenoxy) is 1. The maximum atomic E-state index is 13.4.